The summed E-state index contributed by atoms with van der Waals surface area (Å²) in [6.07, 6.45) is -4.47. The van der Waals surface area contributed by atoms with Crippen molar-refractivity contribution in [3.63, 3.8) is 0 Å². The summed E-state index contributed by atoms with van der Waals surface area (Å²) in [7, 11) is 0. The van der Waals surface area contributed by atoms with Gasteiger partial charge in [-0.3, -0.25) is 4.79 Å². The Morgan fingerprint density at radius 2 is 1.85 bits per heavy atom. The number of carbonyl (C=O) groups excluding carboxylic acids is 1. The number of aromatic nitrogens is 2. The van der Waals surface area contributed by atoms with Gasteiger partial charge in [0.25, 0.3) is 5.22 Å². The van der Waals surface area contributed by atoms with Crippen LogP contribution < -0.4 is 5.32 Å². The number of hydrogen-bond acceptors (Lipinski definition) is 5. The number of nitrogens with one attached hydrogen (secondary N) is 1. The van der Waals surface area contributed by atoms with E-state index in [9.17, 15) is 18.0 Å². The number of thioether (sulfide) groups is 1. The van der Waals surface area contributed by atoms with Crippen molar-refractivity contribution in [1.82, 2.24) is 10.2 Å². The molecule has 0 spiro atoms. The number of alkyl halides is 3. The van der Waals surface area contributed by atoms with E-state index >= 15 is 0 Å². The van der Waals surface area contributed by atoms with Crippen LogP contribution >= 0.6 is 11.8 Å². The molecule has 0 unspecified atom stereocenters. The molecule has 1 N–H and O–H groups in total. The van der Waals surface area contributed by atoms with E-state index in [2.05, 4.69) is 15.5 Å². The van der Waals surface area contributed by atoms with Crippen molar-refractivity contribution in [1.29, 1.82) is 0 Å². The minimum absolute atomic E-state index is 0.0674. The van der Waals surface area contributed by atoms with Gasteiger partial charge in [0.15, 0.2) is 0 Å². The molecular formula is C18H14F3N3O2S. The van der Waals surface area contributed by atoms with E-state index < -0.39 is 22.9 Å². The molecule has 0 radical (unpaired) electrons. The molecular weight excluding hydrogens is 379 g/mol. The Labute approximate surface area is 157 Å². The highest BCUT2D eigenvalue weighted by Gasteiger charge is 2.30. The molecule has 0 aliphatic carbocycles. The lowest BCUT2D eigenvalue weighted by Gasteiger charge is -2.12. The zero-order valence-corrected chi connectivity index (χ0v) is 14.8. The van der Waals surface area contributed by atoms with Crippen LogP contribution in [0.5, 0.6) is 0 Å². The first kappa shape index (κ1) is 19.0. The lowest BCUT2D eigenvalue weighted by atomic mass is 10.2. The Bertz CT molecular complexity index is 929. The molecule has 2 aromatic carbocycles. The van der Waals surface area contributed by atoms with Crippen LogP contribution in [0.4, 0.5) is 18.9 Å². The van der Waals surface area contributed by atoms with Crippen LogP contribution in [0.25, 0.3) is 11.5 Å². The predicted molar refractivity (Wildman–Crippen MR) is 95.1 cm³/mol. The molecule has 5 nitrogen and oxygen atoms in total. The number of halogens is 3. The van der Waals surface area contributed by atoms with Crippen molar-refractivity contribution in [2.75, 3.05) is 5.32 Å². The minimum atomic E-state index is -4.47. The molecule has 0 aliphatic heterocycles. The van der Waals surface area contributed by atoms with Gasteiger partial charge in [0, 0.05) is 11.3 Å². The van der Waals surface area contributed by atoms with E-state index in [0.29, 0.717) is 5.89 Å². The van der Waals surface area contributed by atoms with Crippen molar-refractivity contribution in [2.24, 2.45) is 0 Å². The van der Waals surface area contributed by atoms with E-state index in [1.54, 1.807) is 6.92 Å². The second-order valence-electron chi connectivity index (χ2n) is 5.57. The van der Waals surface area contributed by atoms with Gasteiger partial charge >= 0.3 is 6.18 Å². The number of carbonyl (C=O) groups is 1. The number of anilines is 1. The Hall–Kier alpha value is -2.81. The highest BCUT2D eigenvalue weighted by molar-refractivity contribution is 8.00. The molecule has 0 saturated carbocycles. The molecule has 3 rings (SSSR count). The maximum absolute atomic E-state index is 12.7. The first-order valence-corrected chi connectivity index (χ1v) is 8.74. The maximum atomic E-state index is 12.7. The van der Waals surface area contributed by atoms with Gasteiger partial charge in [-0.15, -0.1) is 10.2 Å². The third-order valence-electron chi connectivity index (χ3n) is 3.53. The molecule has 140 valence electrons. The van der Waals surface area contributed by atoms with E-state index in [0.717, 1.165) is 29.5 Å². The van der Waals surface area contributed by atoms with Gasteiger partial charge in [-0.1, -0.05) is 36.0 Å². The fraction of sp³-hybridized carbons (Fsp3) is 0.167. The molecule has 27 heavy (non-hydrogen) atoms. The van der Waals surface area contributed by atoms with Crippen molar-refractivity contribution < 1.29 is 22.4 Å². The van der Waals surface area contributed by atoms with Crippen LogP contribution in [0.15, 0.2) is 64.2 Å². The third-order valence-corrected chi connectivity index (χ3v) is 4.47. The quantitative estimate of drug-likeness (QED) is 0.626. The number of rotatable bonds is 5. The van der Waals surface area contributed by atoms with Crippen molar-refractivity contribution in [2.45, 2.75) is 23.6 Å². The second-order valence-corrected chi connectivity index (χ2v) is 6.86. The van der Waals surface area contributed by atoms with Crippen LogP contribution in [0.1, 0.15) is 12.5 Å². The van der Waals surface area contributed by atoms with E-state index in [4.69, 9.17) is 4.42 Å². The molecule has 3 aromatic rings. The SMILES string of the molecule is C[C@H](Sc1nnc(-c2ccccc2)o1)C(=O)Nc1cccc(C(F)(F)F)c1. The Kier molecular flexibility index (Phi) is 5.50. The monoisotopic (exact) mass is 393 g/mol. The Morgan fingerprint density at radius 3 is 2.56 bits per heavy atom. The van der Waals surface area contributed by atoms with Crippen molar-refractivity contribution in [3.8, 4) is 11.5 Å². The molecule has 9 heteroatoms. The zero-order valence-electron chi connectivity index (χ0n) is 14.0. The lowest BCUT2D eigenvalue weighted by molar-refractivity contribution is -0.137. The van der Waals surface area contributed by atoms with Gasteiger partial charge in [-0.25, -0.2) is 0 Å². The van der Waals surface area contributed by atoms with E-state index in [1.165, 1.54) is 12.1 Å². The highest BCUT2D eigenvalue weighted by Crippen LogP contribution is 2.31. The summed E-state index contributed by atoms with van der Waals surface area (Å²) in [5.74, 6) is -0.151. The van der Waals surface area contributed by atoms with E-state index in [-0.39, 0.29) is 10.9 Å². The van der Waals surface area contributed by atoms with Crippen LogP contribution in [0.2, 0.25) is 0 Å². The summed E-state index contributed by atoms with van der Waals surface area (Å²) >= 11 is 1.02. The molecule has 0 saturated heterocycles. The van der Waals surface area contributed by atoms with Crippen LogP contribution in [-0.4, -0.2) is 21.4 Å². The summed E-state index contributed by atoms with van der Waals surface area (Å²) < 4.78 is 43.8. The maximum Gasteiger partial charge on any atom is 0.416 e. The van der Waals surface area contributed by atoms with Crippen LogP contribution in [0, 0.1) is 0 Å². The van der Waals surface area contributed by atoms with Crippen LogP contribution in [-0.2, 0) is 11.0 Å². The van der Waals surface area contributed by atoms with Crippen molar-refractivity contribution >= 4 is 23.4 Å². The van der Waals surface area contributed by atoms with Gasteiger partial charge in [0.2, 0.25) is 11.8 Å². The second kappa shape index (κ2) is 7.83. The number of nitrogens with zero attached hydrogens (tertiary/aromatic N) is 2. The average Bonchev–Trinajstić information content (AvgIpc) is 3.10. The number of amides is 1. The summed E-state index contributed by atoms with van der Waals surface area (Å²) in [5.41, 5.74) is -0.0132. The van der Waals surface area contributed by atoms with Crippen LogP contribution in [0.3, 0.4) is 0 Å². The topological polar surface area (TPSA) is 68.0 Å². The fourth-order valence-electron chi connectivity index (χ4n) is 2.18. The molecule has 0 bridgehead atoms. The Balaban J connectivity index is 1.64. The zero-order chi connectivity index (χ0) is 19.4. The largest absolute Gasteiger partial charge is 0.416 e. The highest BCUT2D eigenvalue weighted by atomic mass is 32.2. The Morgan fingerprint density at radius 1 is 1.11 bits per heavy atom. The average molecular weight is 393 g/mol. The molecule has 1 heterocycles. The number of benzene rings is 2. The molecule has 0 aliphatic rings. The normalized spacial score (nSPS) is 12.6. The lowest BCUT2D eigenvalue weighted by Crippen LogP contribution is -2.22. The molecule has 1 aromatic heterocycles. The van der Waals surface area contributed by atoms with Gasteiger partial charge in [0.1, 0.15) is 0 Å². The smallest absolute Gasteiger partial charge is 0.411 e. The number of hydrogen-bond donors (Lipinski definition) is 1. The summed E-state index contributed by atoms with van der Waals surface area (Å²) in [4.78, 5) is 12.3. The molecule has 1 amide bonds. The summed E-state index contributed by atoms with van der Waals surface area (Å²) in [6.45, 7) is 1.60. The van der Waals surface area contributed by atoms with Crippen molar-refractivity contribution in [3.05, 3.63) is 60.2 Å². The standard InChI is InChI=1S/C18H14F3N3O2S/c1-11(15(25)22-14-9-5-8-13(10-14)18(19,20)21)27-17-24-23-16(26-17)12-6-3-2-4-7-12/h2-11H,1H3,(H,22,25)/t11-/m0/s1. The minimum Gasteiger partial charge on any atom is -0.411 e. The predicted octanol–water partition coefficient (Wildman–Crippen LogP) is 4.87. The summed E-state index contributed by atoms with van der Waals surface area (Å²) in [6, 6.07) is 13.6. The molecule has 1 atom stereocenters. The first-order chi connectivity index (χ1) is 12.8. The van der Waals surface area contributed by atoms with Gasteiger partial charge in [-0.2, -0.15) is 13.2 Å². The summed E-state index contributed by atoms with van der Waals surface area (Å²) in [5, 5.41) is 9.82. The van der Waals surface area contributed by atoms with E-state index in [1.807, 2.05) is 30.3 Å². The van der Waals surface area contributed by atoms with Gasteiger partial charge in [0.05, 0.1) is 10.8 Å². The van der Waals surface area contributed by atoms with Gasteiger partial charge < -0.3 is 9.73 Å². The first-order valence-electron chi connectivity index (χ1n) is 7.86. The fourth-order valence-corrected chi connectivity index (χ4v) is 2.86. The van der Waals surface area contributed by atoms with Gasteiger partial charge in [-0.05, 0) is 37.3 Å². The molecule has 0 fully saturated rings. The third kappa shape index (κ3) is 4.88.